The van der Waals surface area contributed by atoms with Crippen LogP contribution in [0.2, 0.25) is 0 Å². The van der Waals surface area contributed by atoms with E-state index in [1.54, 1.807) is 24.3 Å². The van der Waals surface area contributed by atoms with Crippen molar-refractivity contribution < 1.29 is 9.53 Å². The minimum atomic E-state index is -0.319. The molecule has 21 heavy (non-hydrogen) atoms. The van der Waals surface area contributed by atoms with Gasteiger partial charge >= 0.3 is 0 Å². The van der Waals surface area contributed by atoms with Gasteiger partial charge in [0.2, 0.25) is 0 Å². The van der Waals surface area contributed by atoms with Crippen molar-refractivity contribution in [2.45, 2.75) is 0 Å². The van der Waals surface area contributed by atoms with Crippen LogP contribution in [-0.2, 0) is 0 Å². The maximum absolute atomic E-state index is 11.8. The van der Waals surface area contributed by atoms with Crippen LogP contribution in [0.5, 0.6) is 11.5 Å². The lowest BCUT2D eigenvalue weighted by Gasteiger charge is -2.07. The second kappa shape index (κ2) is 5.87. The Morgan fingerprint density at radius 3 is 2.38 bits per heavy atom. The van der Waals surface area contributed by atoms with E-state index in [-0.39, 0.29) is 11.6 Å². The Kier molecular flexibility index (Phi) is 3.60. The summed E-state index contributed by atoms with van der Waals surface area (Å²) in [6.07, 6.45) is 1.36. The van der Waals surface area contributed by atoms with Crippen LogP contribution < -0.4 is 10.1 Å². The van der Waals surface area contributed by atoms with Gasteiger partial charge in [0.15, 0.2) is 5.69 Å². The molecular formula is C15H12N4O2. The molecule has 3 rings (SSSR count). The van der Waals surface area contributed by atoms with E-state index < -0.39 is 0 Å². The molecule has 3 aromatic rings. The molecule has 0 bridgehead atoms. The minimum Gasteiger partial charge on any atom is -0.457 e. The zero-order valence-corrected chi connectivity index (χ0v) is 11.0. The summed E-state index contributed by atoms with van der Waals surface area (Å²) in [5.74, 6) is 1.14. The van der Waals surface area contributed by atoms with E-state index in [0.717, 1.165) is 5.75 Å². The highest BCUT2D eigenvalue weighted by molar-refractivity contribution is 6.02. The highest BCUT2D eigenvalue weighted by Crippen LogP contribution is 2.22. The number of aromatic amines is 1. The average Bonchev–Trinajstić information content (AvgIpc) is 3.05. The molecule has 1 aromatic heterocycles. The van der Waals surface area contributed by atoms with Gasteiger partial charge in [0.25, 0.3) is 5.91 Å². The molecule has 2 N–H and O–H groups in total. The zero-order valence-electron chi connectivity index (χ0n) is 11.0. The Bertz CT molecular complexity index is 709. The number of anilines is 1. The predicted octanol–water partition coefficient (Wildman–Crippen LogP) is 2.85. The molecule has 0 saturated heterocycles. The number of aromatic nitrogens is 3. The van der Waals surface area contributed by atoms with Crippen LogP contribution in [0.15, 0.2) is 60.8 Å². The van der Waals surface area contributed by atoms with Crippen LogP contribution >= 0.6 is 0 Å². The molecule has 6 nitrogen and oxygen atoms in total. The zero-order chi connectivity index (χ0) is 14.5. The van der Waals surface area contributed by atoms with Crippen molar-refractivity contribution in [3.05, 3.63) is 66.5 Å². The number of H-pyrrole nitrogens is 1. The first-order valence-corrected chi connectivity index (χ1v) is 6.31. The second-order valence-electron chi connectivity index (χ2n) is 4.25. The Morgan fingerprint density at radius 1 is 1.00 bits per heavy atom. The number of nitrogens with zero attached hydrogens (tertiary/aromatic N) is 2. The van der Waals surface area contributed by atoms with Gasteiger partial charge in [-0.2, -0.15) is 15.4 Å². The third-order valence-corrected chi connectivity index (χ3v) is 2.74. The first-order valence-electron chi connectivity index (χ1n) is 6.31. The molecule has 104 valence electrons. The van der Waals surface area contributed by atoms with Gasteiger partial charge < -0.3 is 10.1 Å². The number of benzene rings is 2. The van der Waals surface area contributed by atoms with E-state index in [4.69, 9.17) is 4.74 Å². The number of rotatable bonds is 4. The number of carbonyl (C=O) groups is 1. The van der Waals surface area contributed by atoms with E-state index in [0.29, 0.717) is 11.4 Å². The third-order valence-electron chi connectivity index (χ3n) is 2.74. The van der Waals surface area contributed by atoms with Crippen molar-refractivity contribution >= 4 is 11.6 Å². The molecule has 6 heteroatoms. The first kappa shape index (κ1) is 12.9. The molecule has 0 aliphatic rings. The third kappa shape index (κ3) is 3.24. The smallest absolute Gasteiger partial charge is 0.277 e. The van der Waals surface area contributed by atoms with Crippen LogP contribution in [0.4, 0.5) is 5.69 Å². The van der Waals surface area contributed by atoms with Crippen molar-refractivity contribution in [2.75, 3.05) is 5.32 Å². The van der Waals surface area contributed by atoms with Crippen LogP contribution in [0.3, 0.4) is 0 Å². The lowest BCUT2D eigenvalue weighted by atomic mass is 10.3. The van der Waals surface area contributed by atoms with Crippen LogP contribution in [0.1, 0.15) is 10.5 Å². The molecule has 0 unspecified atom stereocenters. The summed E-state index contributed by atoms with van der Waals surface area (Å²) in [6, 6.07) is 16.6. The Balaban J connectivity index is 1.65. The number of ether oxygens (including phenoxy) is 1. The number of para-hydroxylation sites is 1. The van der Waals surface area contributed by atoms with E-state index in [1.807, 2.05) is 30.3 Å². The summed E-state index contributed by atoms with van der Waals surface area (Å²) < 4.78 is 5.67. The lowest BCUT2D eigenvalue weighted by molar-refractivity contribution is 0.102. The number of hydrogen-bond acceptors (Lipinski definition) is 4. The second-order valence-corrected chi connectivity index (χ2v) is 4.25. The molecule has 0 saturated carbocycles. The summed E-state index contributed by atoms with van der Waals surface area (Å²) in [5, 5.41) is 12.4. The molecule has 0 aliphatic heterocycles. The van der Waals surface area contributed by atoms with Gasteiger partial charge in [-0.1, -0.05) is 18.2 Å². The van der Waals surface area contributed by atoms with Crippen LogP contribution in [0.25, 0.3) is 0 Å². The summed E-state index contributed by atoms with van der Waals surface area (Å²) in [4.78, 5) is 11.8. The van der Waals surface area contributed by atoms with Gasteiger partial charge in [-0.05, 0) is 36.4 Å². The molecule has 0 fully saturated rings. The fourth-order valence-electron chi connectivity index (χ4n) is 1.74. The average molecular weight is 280 g/mol. The largest absolute Gasteiger partial charge is 0.457 e. The molecular weight excluding hydrogens is 268 g/mol. The highest BCUT2D eigenvalue weighted by Gasteiger charge is 2.08. The summed E-state index contributed by atoms with van der Waals surface area (Å²) in [5.41, 5.74) is 0.892. The molecule has 1 amide bonds. The van der Waals surface area contributed by atoms with Crippen molar-refractivity contribution in [1.82, 2.24) is 15.4 Å². The van der Waals surface area contributed by atoms with Gasteiger partial charge in [0, 0.05) is 5.69 Å². The van der Waals surface area contributed by atoms with Crippen molar-refractivity contribution in [2.24, 2.45) is 0 Å². The van der Waals surface area contributed by atoms with Gasteiger partial charge in [-0.15, -0.1) is 0 Å². The molecule has 0 atom stereocenters. The molecule has 0 spiro atoms. The number of hydrogen-bond donors (Lipinski definition) is 2. The van der Waals surface area contributed by atoms with Crippen molar-refractivity contribution in [3.63, 3.8) is 0 Å². The molecule has 0 aliphatic carbocycles. The van der Waals surface area contributed by atoms with Crippen molar-refractivity contribution in [3.8, 4) is 11.5 Å². The lowest BCUT2D eigenvalue weighted by Crippen LogP contribution is -2.12. The fourth-order valence-corrected chi connectivity index (χ4v) is 1.74. The van der Waals surface area contributed by atoms with E-state index in [2.05, 4.69) is 20.7 Å². The highest BCUT2D eigenvalue weighted by atomic mass is 16.5. The molecule has 0 radical (unpaired) electrons. The SMILES string of the molecule is O=C(Nc1ccc(Oc2ccccc2)cc1)c1cn[nH]n1. The topological polar surface area (TPSA) is 79.9 Å². The van der Waals surface area contributed by atoms with E-state index in [9.17, 15) is 4.79 Å². The van der Waals surface area contributed by atoms with E-state index >= 15 is 0 Å². The minimum absolute atomic E-state index is 0.236. The summed E-state index contributed by atoms with van der Waals surface area (Å²) in [6.45, 7) is 0. The molecule has 2 aromatic carbocycles. The van der Waals surface area contributed by atoms with Crippen molar-refractivity contribution in [1.29, 1.82) is 0 Å². The van der Waals surface area contributed by atoms with E-state index in [1.165, 1.54) is 6.20 Å². The normalized spacial score (nSPS) is 10.1. The fraction of sp³-hybridized carbons (Fsp3) is 0. The quantitative estimate of drug-likeness (QED) is 0.770. The Hall–Kier alpha value is -3.15. The van der Waals surface area contributed by atoms with Gasteiger partial charge in [-0.25, -0.2) is 0 Å². The first-order chi connectivity index (χ1) is 10.3. The predicted molar refractivity (Wildman–Crippen MR) is 77.3 cm³/mol. The maximum Gasteiger partial charge on any atom is 0.277 e. The Labute approximate surface area is 120 Å². The van der Waals surface area contributed by atoms with Crippen LogP contribution in [0, 0.1) is 0 Å². The maximum atomic E-state index is 11.8. The standard InChI is InChI=1S/C15H12N4O2/c20-15(14-10-16-19-18-14)17-11-6-8-13(9-7-11)21-12-4-2-1-3-5-12/h1-10H,(H,17,20)(H,16,18,19). The summed E-state index contributed by atoms with van der Waals surface area (Å²) >= 11 is 0. The van der Waals surface area contributed by atoms with Gasteiger partial charge in [0.05, 0.1) is 6.20 Å². The number of nitrogens with one attached hydrogen (secondary N) is 2. The summed E-state index contributed by atoms with van der Waals surface area (Å²) in [7, 11) is 0. The Morgan fingerprint density at radius 2 is 1.71 bits per heavy atom. The van der Waals surface area contributed by atoms with Gasteiger partial charge in [0.1, 0.15) is 11.5 Å². The van der Waals surface area contributed by atoms with Gasteiger partial charge in [-0.3, -0.25) is 4.79 Å². The molecule has 1 heterocycles. The van der Waals surface area contributed by atoms with Crippen LogP contribution in [-0.4, -0.2) is 21.3 Å². The monoisotopic (exact) mass is 280 g/mol. The number of amides is 1. The number of carbonyl (C=O) groups excluding carboxylic acids is 1.